The standard InChI is InChI=1S/C11H21N/c1-5-6-10-7-11(10)8-12(4)9(2)3/h5,9-11H,1,6-8H2,2-4H3. The van der Waals surface area contributed by atoms with Crippen molar-refractivity contribution in [1.82, 2.24) is 4.90 Å². The lowest BCUT2D eigenvalue weighted by atomic mass is 10.2. The normalized spacial score (nSPS) is 28.1. The summed E-state index contributed by atoms with van der Waals surface area (Å²) in [5.41, 5.74) is 0. The molecule has 0 aromatic carbocycles. The van der Waals surface area contributed by atoms with Crippen molar-refractivity contribution in [2.24, 2.45) is 11.8 Å². The summed E-state index contributed by atoms with van der Waals surface area (Å²) in [5, 5.41) is 0. The highest BCUT2D eigenvalue weighted by Crippen LogP contribution is 2.41. The smallest absolute Gasteiger partial charge is 0.00356 e. The van der Waals surface area contributed by atoms with Gasteiger partial charge in [-0.15, -0.1) is 6.58 Å². The van der Waals surface area contributed by atoms with Gasteiger partial charge in [0.2, 0.25) is 0 Å². The maximum atomic E-state index is 3.78. The van der Waals surface area contributed by atoms with E-state index in [0.717, 1.165) is 11.8 Å². The molecule has 1 saturated carbocycles. The summed E-state index contributed by atoms with van der Waals surface area (Å²) in [7, 11) is 2.22. The zero-order valence-electron chi connectivity index (χ0n) is 8.59. The van der Waals surface area contributed by atoms with Gasteiger partial charge in [0.05, 0.1) is 0 Å². The molecule has 0 aromatic heterocycles. The largest absolute Gasteiger partial charge is 0.304 e. The molecule has 0 N–H and O–H groups in total. The summed E-state index contributed by atoms with van der Waals surface area (Å²) in [5.74, 6) is 1.90. The maximum Gasteiger partial charge on any atom is 0.00356 e. The first-order valence-corrected chi connectivity index (χ1v) is 4.96. The molecule has 12 heavy (non-hydrogen) atoms. The van der Waals surface area contributed by atoms with E-state index in [1.807, 2.05) is 0 Å². The van der Waals surface area contributed by atoms with Crippen molar-refractivity contribution in [3.63, 3.8) is 0 Å². The van der Waals surface area contributed by atoms with Crippen molar-refractivity contribution < 1.29 is 0 Å². The first-order valence-electron chi connectivity index (χ1n) is 4.96. The third-order valence-corrected chi connectivity index (χ3v) is 2.94. The van der Waals surface area contributed by atoms with Crippen molar-refractivity contribution in [2.75, 3.05) is 13.6 Å². The number of hydrogen-bond acceptors (Lipinski definition) is 1. The van der Waals surface area contributed by atoms with Gasteiger partial charge in [0, 0.05) is 12.6 Å². The monoisotopic (exact) mass is 167 g/mol. The van der Waals surface area contributed by atoms with Gasteiger partial charge >= 0.3 is 0 Å². The number of nitrogens with zero attached hydrogens (tertiary/aromatic N) is 1. The van der Waals surface area contributed by atoms with E-state index in [-0.39, 0.29) is 0 Å². The quantitative estimate of drug-likeness (QED) is 0.569. The van der Waals surface area contributed by atoms with E-state index in [1.54, 1.807) is 0 Å². The average Bonchev–Trinajstić information content (AvgIpc) is 2.68. The Morgan fingerprint density at radius 3 is 2.67 bits per heavy atom. The summed E-state index contributed by atoms with van der Waals surface area (Å²) in [6, 6.07) is 0.690. The van der Waals surface area contributed by atoms with Crippen LogP contribution in [0, 0.1) is 11.8 Å². The molecule has 0 radical (unpaired) electrons. The predicted octanol–water partition coefficient (Wildman–Crippen LogP) is 2.54. The molecule has 0 bridgehead atoms. The van der Waals surface area contributed by atoms with Gasteiger partial charge in [0.25, 0.3) is 0 Å². The van der Waals surface area contributed by atoms with Gasteiger partial charge in [-0.2, -0.15) is 0 Å². The van der Waals surface area contributed by atoms with E-state index in [4.69, 9.17) is 0 Å². The van der Waals surface area contributed by atoms with Crippen LogP contribution in [0.15, 0.2) is 12.7 Å². The van der Waals surface area contributed by atoms with Crippen LogP contribution in [0.1, 0.15) is 26.7 Å². The number of rotatable bonds is 5. The van der Waals surface area contributed by atoms with Crippen LogP contribution in [0.25, 0.3) is 0 Å². The lowest BCUT2D eigenvalue weighted by Crippen LogP contribution is -2.28. The van der Waals surface area contributed by atoms with Gasteiger partial charge in [-0.1, -0.05) is 6.08 Å². The first kappa shape index (κ1) is 9.79. The molecule has 1 aliphatic rings. The van der Waals surface area contributed by atoms with Crippen LogP contribution < -0.4 is 0 Å². The molecule has 1 nitrogen and oxygen atoms in total. The zero-order chi connectivity index (χ0) is 9.14. The molecule has 0 amide bonds. The third-order valence-electron chi connectivity index (χ3n) is 2.94. The lowest BCUT2D eigenvalue weighted by molar-refractivity contribution is 0.258. The van der Waals surface area contributed by atoms with Crippen LogP contribution in [0.5, 0.6) is 0 Å². The SMILES string of the molecule is C=CCC1CC1CN(C)C(C)C. The molecular formula is C11H21N. The molecule has 0 saturated heterocycles. The van der Waals surface area contributed by atoms with Gasteiger partial charge in [-0.3, -0.25) is 0 Å². The molecule has 1 fully saturated rings. The van der Waals surface area contributed by atoms with Crippen molar-refractivity contribution in [3.8, 4) is 0 Å². The Labute approximate surface area is 76.5 Å². The molecule has 2 unspecified atom stereocenters. The minimum atomic E-state index is 0.690. The van der Waals surface area contributed by atoms with Crippen LogP contribution in [-0.2, 0) is 0 Å². The molecule has 2 atom stereocenters. The predicted molar refractivity (Wildman–Crippen MR) is 54.2 cm³/mol. The lowest BCUT2D eigenvalue weighted by Gasteiger charge is -2.20. The highest BCUT2D eigenvalue weighted by Gasteiger charge is 2.36. The molecule has 0 spiro atoms. The Kier molecular flexibility index (Phi) is 3.33. The van der Waals surface area contributed by atoms with Crippen molar-refractivity contribution >= 4 is 0 Å². The van der Waals surface area contributed by atoms with Crippen LogP contribution in [-0.4, -0.2) is 24.5 Å². The van der Waals surface area contributed by atoms with E-state index in [2.05, 4.69) is 38.5 Å². The summed E-state index contributed by atoms with van der Waals surface area (Å²) in [6.45, 7) is 9.56. The third kappa shape index (κ3) is 2.63. The second kappa shape index (κ2) is 4.08. The highest BCUT2D eigenvalue weighted by molar-refractivity contribution is 4.92. The summed E-state index contributed by atoms with van der Waals surface area (Å²) in [6.07, 6.45) is 4.69. The summed E-state index contributed by atoms with van der Waals surface area (Å²) >= 11 is 0. The fourth-order valence-corrected chi connectivity index (χ4v) is 1.62. The molecule has 1 rings (SSSR count). The second-order valence-electron chi connectivity index (χ2n) is 4.31. The Bertz CT molecular complexity index is 151. The van der Waals surface area contributed by atoms with Crippen LogP contribution in [0.4, 0.5) is 0 Å². The van der Waals surface area contributed by atoms with Crippen LogP contribution >= 0.6 is 0 Å². The van der Waals surface area contributed by atoms with E-state index in [0.29, 0.717) is 6.04 Å². The summed E-state index contributed by atoms with van der Waals surface area (Å²) in [4.78, 5) is 2.44. The van der Waals surface area contributed by atoms with Crippen molar-refractivity contribution in [1.29, 1.82) is 0 Å². The van der Waals surface area contributed by atoms with Crippen molar-refractivity contribution in [2.45, 2.75) is 32.7 Å². The van der Waals surface area contributed by atoms with Crippen LogP contribution in [0.2, 0.25) is 0 Å². The molecule has 0 aromatic rings. The molecule has 1 aliphatic carbocycles. The average molecular weight is 167 g/mol. The second-order valence-corrected chi connectivity index (χ2v) is 4.31. The van der Waals surface area contributed by atoms with Gasteiger partial charge in [0.15, 0.2) is 0 Å². The Morgan fingerprint density at radius 2 is 2.17 bits per heavy atom. The first-order chi connectivity index (χ1) is 5.65. The van der Waals surface area contributed by atoms with E-state index < -0.39 is 0 Å². The van der Waals surface area contributed by atoms with E-state index in [9.17, 15) is 0 Å². The number of allylic oxidation sites excluding steroid dienone is 1. The minimum absolute atomic E-state index is 0.690. The fraction of sp³-hybridized carbons (Fsp3) is 0.818. The number of hydrogen-bond donors (Lipinski definition) is 0. The zero-order valence-corrected chi connectivity index (χ0v) is 8.59. The van der Waals surface area contributed by atoms with Gasteiger partial charge in [0.1, 0.15) is 0 Å². The van der Waals surface area contributed by atoms with Gasteiger partial charge in [-0.25, -0.2) is 0 Å². The molecule has 1 heteroatoms. The van der Waals surface area contributed by atoms with Crippen LogP contribution in [0.3, 0.4) is 0 Å². The maximum absolute atomic E-state index is 3.78. The Hall–Kier alpha value is -0.300. The van der Waals surface area contributed by atoms with Gasteiger partial charge in [-0.05, 0) is 45.6 Å². The van der Waals surface area contributed by atoms with Gasteiger partial charge < -0.3 is 4.90 Å². The molecular weight excluding hydrogens is 146 g/mol. The molecule has 70 valence electrons. The minimum Gasteiger partial charge on any atom is -0.304 e. The Balaban J connectivity index is 2.14. The fourth-order valence-electron chi connectivity index (χ4n) is 1.62. The summed E-state index contributed by atoms with van der Waals surface area (Å²) < 4.78 is 0. The Morgan fingerprint density at radius 1 is 1.50 bits per heavy atom. The molecule has 0 heterocycles. The molecule has 0 aliphatic heterocycles. The highest BCUT2D eigenvalue weighted by atomic mass is 15.1. The van der Waals surface area contributed by atoms with Crippen molar-refractivity contribution in [3.05, 3.63) is 12.7 Å². The topological polar surface area (TPSA) is 3.24 Å². The van der Waals surface area contributed by atoms with E-state index in [1.165, 1.54) is 19.4 Å². The van der Waals surface area contributed by atoms with E-state index >= 15 is 0 Å².